The maximum absolute atomic E-state index is 12.7. The number of likely N-dealkylation sites (tertiary alicyclic amines) is 1. The van der Waals surface area contributed by atoms with E-state index in [0.29, 0.717) is 24.1 Å². The predicted octanol–water partition coefficient (Wildman–Crippen LogP) is 4.15. The van der Waals surface area contributed by atoms with Crippen molar-refractivity contribution in [1.82, 2.24) is 15.1 Å². The van der Waals surface area contributed by atoms with Crippen molar-refractivity contribution in [3.05, 3.63) is 52.7 Å². The summed E-state index contributed by atoms with van der Waals surface area (Å²) in [4.78, 5) is 14.6. The molecule has 0 bridgehead atoms. The molecule has 5 nitrogen and oxygen atoms in total. The van der Waals surface area contributed by atoms with E-state index in [-0.39, 0.29) is 5.91 Å². The lowest BCUT2D eigenvalue weighted by Gasteiger charge is -2.34. The fourth-order valence-corrected chi connectivity index (χ4v) is 3.30. The van der Waals surface area contributed by atoms with Crippen molar-refractivity contribution in [2.24, 2.45) is 0 Å². The molecule has 0 aliphatic carbocycles. The molecule has 1 atom stereocenters. The molecule has 132 valence electrons. The van der Waals surface area contributed by atoms with Gasteiger partial charge in [0.1, 0.15) is 5.82 Å². The van der Waals surface area contributed by atoms with Crippen LogP contribution in [0.3, 0.4) is 0 Å². The number of nitrogens with zero attached hydrogens (tertiary/aromatic N) is 3. The lowest BCUT2D eigenvalue weighted by molar-refractivity contribution is 0.0601. The van der Waals surface area contributed by atoms with Gasteiger partial charge in [-0.1, -0.05) is 30.7 Å². The summed E-state index contributed by atoms with van der Waals surface area (Å²) in [5.74, 6) is 0.639. The highest BCUT2D eigenvalue weighted by Crippen LogP contribution is 2.21. The van der Waals surface area contributed by atoms with E-state index in [1.54, 1.807) is 12.1 Å². The summed E-state index contributed by atoms with van der Waals surface area (Å²) in [6.07, 6.45) is 4.33. The van der Waals surface area contributed by atoms with Crippen LogP contribution in [0.2, 0.25) is 5.02 Å². The predicted molar refractivity (Wildman–Crippen MR) is 99.8 cm³/mol. The molecule has 1 aliphatic rings. The van der Waals surface area contributed by atoms with Crippen LogP contribution >= 0.6 is 11.6 Å². The Morgan fingerprint density at radius 1 is 1.20 bits per heavy atom. The normalized spacial score (nSPS) is 17.4. The van der Waals surface area contributed by atoms with Gasteiger partial charge < -0.3 is 10.2 Å². The summed E-state index contributed by atoms with van der Waals surface area (Å²) in [6.45, 7) is 3.57. The van der Waals surface area contributed by atoms with Crippen LogP contribution in [0.25, 0.3) is 0 Å². The molecule has 25 heavy (non-hydrogen) atoms. The smallest absolute Gasteiger partial charge is 0.274 e. The molecule has 1 aromatic heterocycles. The monoisotopic (exact) mass is 358 g/mol. The number of carbonyl (C=O) groups excluding carboxylic acids is 1. The van der Waals surface area contributed by atoms with Crippen LogP contribution in [-0.4, -0.2) is 33.6 Å². The molecule has 1 aliphatic heterocycles. The van der Waals surface area contributed by atoms with E-state index in [1.807, 2.05) is 29.2 Å². The van der Waals surface area contributed by atoms with Crippen LogP contribution in [0.1, 0.15) is 48.7 Å². The third-order valence-corrected chi connectivity index (χ3v) is 4.88. The number of amides is 1. The fourth-order valence-electron chi connectivity index (χ4n) is 3.18. The number of halogens is 1. The minimum atomic E-state index is -0.0108. The molecule has 0 spiro atoms. The van der Waals surface area contributed by atoms with Crippen LogP contribution in [0, 0.1) is 0 Å². The SMILES string of the molecule is CCC1CCCCN1C(=O)c1ccc(NCc2ccc(Cl)cc2)nn1. The molecular formula is C19H23ClN4O. The first kappa shape index (κ1) is 17.7. The first-order chi connectivity index (χ1) is 12.2. The molecule has 1 saturated heterocycles. The zero-order chi connectivity index (χ0) is 17.6. The van der Waals surface area contributed by atoms with Crippen molar-refractivity contribution in [2.45, 2.75) is 45.2 Å². The number of piperidine rings is 1. The highest BCUT2D eigenvalue weighted by atomic mass is 35.5. The zero-order valence-corrected chi connectivity index (χ0v) is 15.2. The van der Waals surface area contributed by atoms with Crippen molar-refractivity contribution < 1.29 is 4.79 Å². The molecule has 1 amide bonds. The van der Waals surface area contributed by atoms with E-state index >= 15 is 0 Å². The number of rotatable bonds is 5. The summed E-state index contributed by atoms with van der Waals surface area (Å²) in [5.41, 5.74) is 1.52. The van der Waals surface area contributed by atoms with E-state index in [2.05, 4.69) is 22.4 Å². The van der Waals surface area contributed by atoms with Gasteiger partial charge in [-0.25, -0.2) is 0 Å². The Hall–Kier alpha value is -2.14. The molecule has 1 aromatic carbocycles. The van der Waals surface area contributed by atoms with Crippen LogP contribution in [0.5, 0.6) is 0 Å². The number of anilines is 1. The molecule has 3 rings (SSSR count). The van der Waals surface area contributed by atoms with E-state index < -0.39 is 0 Å². The van der Waals surface area contributed by atoms with Crippen molar-refractivity contribution in [1.29, 1.82) is 0 Å². The molecule has 1 unspecified atom stereocenters. The lowest BCUT2D eigenvalue weighted by Crippen LogP contribution is -2.43. The number of carbonyl (C=O) groups is 1. The average molecular weight is 359 g/mol. The van der Waals surface area contributed by atoms with Crippen molar-refractivity contribution in [2.75, 3.05) is 11.9 Å². The second-order valence-corrected chi connectivity index (χ2v) is 6.78. The number of aromatic nitrogens is 2. The Morgan fingerprint density at radius 2 is 2.00 bits per heavy atom. The highest BCUT2D eigenvalue weighted by Gasteiger charge is 2.27. The Labute approximate surface area is 153 Å². The largest absolute Gasteiger partial charge is 0.365 e. The van der Waals surface area contributed by atoms with E-state index in [9.17, 15) is 4.79 Å². The van der Waals surface area contributed by atoms with Gasteiger partial charge >= 0.3 is 0 Å². The first-order valence-corrected chi connectivity index (χ1v) is 9.18. The van der Waals surface area contributed by atoms with Gasteiger partial charge in [-0.3, -0.25) is 4.79 Å². The third kappa shape index (κ3) is 4.48. The van der Waals surface area contributed by atoms with Gasteiger partial charge in [0.15, 0.2) is 5.69 Å². The molecule has 0 saturated carbocycles. The Kier molecular flexibility index (Phi) is 5.87. The van der Waals surface area contributed by atoms with Crippen molar-refractivity contribution in [3.8, 4) is 0 Å². The third-order valence-electron chi connectivity index (χ3n) is 4.63. The fraction of sp³-hybridized carbons (Fsp3) is 0.421. The van der Waals surface area contributed by atoms with E-state index in [0.717, 1.165) is 36.4 Å². The Bertz CT molecular complexity index is 702. The number of hydrogen-bond acceptors (Lipinski definition) is 4. The number of benzene rings is 1. The van der Waals surface area contributed by atoms with E-state index in [1.165, 1.54) is 6.42 Å². The van der Waals surface area contributed by atoms with Crippen molar-refractivity contribution in [3.63, 3.8) is 0 Å². The summed E-state index contributed by atoms with van der Waals surface area (Å²) >= 11 is 5.88. The zero-order valence-electron chi connectivity index (χ0n) is 14.4. The quantitative estimate of drug-likeness (QED) is 0.872. The Balaban J connectivity index is 1.61. The summed E-state index contributed by atoms with van der Waals surface area (Å²) in [6, 6.07) is 11.5. The molecule has 1 N–H and O–H groups in total. The minimum absolute atomic E-state index is 0.0108. The average Bonchev–Trinajstić information content (AvgIpc) is 2.67. The summed E-state index contributed by atoms with van der Waals surface area (Å²) in [5, 5.41) is 12.2. The van der Waals surface area contributed by atoms with Gasteiger partial charge in [0.2, 0.25) is 0 Å². The highest BCUT2D eigenvalue weighted by molar-refractivity contribution is 6.30. The van der Waals surface area contributed by atoms with Crippen LogP contribution in [0.15, 0.2) is 36.4 Å². The summed E-state index contributed by atoms with van der Waals surface area (Å²) in [7, 11) is 0. The van der Waals surface area contributed by atoms with E-state index in [4.69, 9.17) is 11.6 Å². The van der Waals surface area contributed by atoms with Gasteiger partial charge in [0.05, 0.1) is 0 Å². The van der Waals surface area contributed by atoms with Gasteiger partial charge in [-0.15, -0.1) is 10.2 Å². The van der Waals surface area contributed by atoms with Crippen molar-refractivity contribution >= 4 is 23.3 Å². The van der Waals surface area contributed by atoms with Crippen LogP contribution < -0.4 is 5.32 Å². The van der Waals surface area contributed by atoms with Gasteiger partial charge in [0, 0.05) is 24.2 Å². The molecule has 2 heterocycles. The second-order valence-electron chi connectivity index (χ2n) is 6.34. The van der Waals surface area contributed by atoms with Crippen LogP contribution in [0.4, 0.5) is 5.82 Å². The topological polar surface area (TPSA) is 58.1 Å². The molecular weight excluding hydrogens is 336 g/mol. The van der Waals surface area contributed by atoms with Crippen LogP contribution in [-0.2, 0) is 6.54 Å². The molecule has 0 radical (unpaired) electrons. The minimum Gasteiger partial charge on any atom is -0.365 e. The summed E-state index contributed by atoms with van der Waals surface area (Å²) < 4.78 is 0. The van der Waals surface area contributed by atoms with Gasteiger partial charge in [-0.2, -0.15) is 0 Å². The first-order valence-electron chi connectivity index (χ1n) is 8.80. The number of hydrogen-bond donors (Lipinski definition) is 1. The molecule has 2 aromatic rings. The standard InChI is InChI=1S/C19H23ClN4O/c1-2-16-5-3-4-12-24(16)19(25)17-10-11-18(23-22-17)21-13-14-6-8-15(20)9-7-14/h6-11,16H,2-5,12-13H2,1H3,(H,21,23). The lowest BCUT2D eigenvalue weighted by atomic mass is 9.99. The molecule has 6 heteroatoms. The maximum Gasteiger partial charge on any atom is 0.274 e. The molecule has 1 fully saturated rings. The Morgan fingerprint density at radius 3 is 2.68 bits per heavy atom. The second kappa shape index (κ2) is 8.30. The number of nitrogens with one attached hydrogen (secondary N) is 1. The van der Waals surface area contributed by atoms with Gasteiger partial charge in [-0.05, 0) is 55.5 Å². The maximum atomic E-state index is 12.7. The van der Waals surface area contributed by atoms with Gasteiger partial charge in [0.25, 0.3) is 5.91 Å².